The van der Waals surface area contributed by atoms with Crippen molar-refractivity contribution in [3.8, 4) is 5.75 Å². The van der Waals surface area contributed by atoms with E-state index in [4.69, 9.17) is 4.74 Å². The molecule has 0 aliphatic carbocycles. The molecule has 0 aromatic heterocycles. The summed E-state index contributed by atoms with van der Waals surface area (Å²) in [5, 5.41) is 2.62. The maximum atomic E-state index is 11.8. The molecule has 102 valence electrons. The number of sulfone groups is 1. The molecule has 0 bridgehead atoms. The Bertz CT molecular complexity index is 636. The predicted molar refractivity (Wildman–Crippen MR) is 68.3 cm³/mol. The van der Waals surface area contributed by atoms with E-state index in [0.29, 0.717) is 18.9 Å². The number of amides is 1. The third-order valence-electron chi connectivity index (χ3n) is 2.58. The van der Waals surface area contributed by atoms with Crippen molar-refractivity contribution in [2.75, 3.05) is 25.2 Å². The molecular weight excluding hydrogens is 270 g/mol. The lowest BCUT2D eigenvalue weighted by molar-refractivity contribution is 0.0957. The maximum absolute atomic E-state index is 11.8. The van der Waals surface area contributed by atoms with Gasteiger partial charge < -0.3 is 10.1 Å². The first kappa shape index (κ1) is 13.5. The molecule has 0 fully saturated rings. The molecule has 0 saturated carbocycles. The Hall–Kier alpha value is -1.89. The first-order chi connectivity index (χ1) is 8.87. The van der Waals surface area contributed by atoms with Gasteiger partial charge in [-0.05, 0) is 18.2 Å². The summed E-state index contributed by atoms with van der Waals surface area (Å²) < 4.78 is 27.5. The van der Waals surface area contributed by atoms with Gasteiger partial charge >= 0.3 is 0 Å². The third kappa shape index (κ3) is 3.31. The van der Waals surface area contributed by atoms with E-state index in [1.54, 1.807) is 0 Å². The standard InChI is InChI=1S/C12H13NO5S/c1-19(16,17)7-10(14)8-2-3-11-9(6-8)12(15)13-4-5-18-11/h2-3,6H,4-5,7H2,1H3,(H,13,15). The van der Waals surface area contributed by atoms with Crippen molar-refractivity contribution in [3.63, 3.8) is 0 Å². The van der Waals surface area contributed by atoms with Gasteiger partial charge in [0.1, 0.15) is 18.1 Å². The van der Waals surface area contributed by atoms with Crippen LogP contribution < -0.4 is 10.1 Å². The number of nitrogens with one attached hydrogen (secondary N) is 1. The van der Waals surface area contributed by atoms with Crippen LogP contribution in [-0.2, 0) is 9.84 Å². The minimum atomic E-state index is -3.39. The zero-order valence-corrected chi connectivity index (χ0v) is 11.1. The van der Waals surface area contributed by atoms with Crippen LogP contribution in [0.3, 0.4) is 0 Å². The van der Waals surface area contributed by atoms with Gasteiger partial charge in [0.05, 0.1) is 12.1 Å². The number of hydrogen-bond acceptors (Lipinski definition) is 5. The number of Topliss-reactive ketones (excluding diaryl/α,β-unsaturated/α-hetero) is 1. The highest BCUT2D eigenvalue weighted by molar-refractivity contribution is 7.91. The molecule has 1 amide bonds. The minimum absolute atomic E-state index is 0.185. The average molecular weight is 283 g/mol. The molecule has 1 heterocycles. The minimum Gasteiger partial charge on any atom is -0.491 e. The highest BCUT2D eigenvalue weighted by Gasteiger charge is 2.20. The smallest absolute Gasteiger partial charge is 0.255 e. The van der Waals surface area contributed by atoms with Gasteiger partial charge in [-0.2, -0.15) is 0 Å². The molecule has 0 atom stereocenters. The number of fused-ring (bicyclic) bond motifs is 1. The van der Waals surface area contributed by atoms with Gasteiger partial charge in [0.15, 0.2) is 15.6 Å². The van der Waals surface area contributed by atoms with Gasteiger partial charge in [-0.15, -0.1) is 0 Å². The highest BCUT2D eigenvalue weighted by atomic mass is 32.2. The lowest BCUT2D eigenvalue weighted by atomic mass is 10.1. The fourth-order valence-electron chi connectivity index (χ4n) is 1.75. The lowest BCUT2D eigenvalue weighted by Crippen LogP contribution is -2.24. The fourth-order valence-corrected chi connectivity index (χ4v) is 2.39. The summed E-state index contributed by atoms with van der Waals surface area (Å²) in [7, 11) is -3.39. The lowest BCUT2D eigenvalue weighted by Gasteiger charge is -2.07. The zero-order chi connectivity index (χ0) is 14.0. The van der Waals surface area contributed by atoms with Crippen molar-refractivity contribution >= 4 is 21.5 Å². The summed E-state index contributed by atoms with van der Waals surface area (Å²) in [6.45, 7) is 0.746. The Balaban J connectivity index is 2.35. The number of ether oxygens (including phenoxy) is 1. The molecule has 2 rings (SSSR count). The van der Waals surface area contributed by atoms with E-state index in [1.807, 2.05) is 0 Å². The summed E-state index contributed by atoms with van der Waals surface area (Å²) in [5.74, 6) is -1.05. The number of carbonyl (C=O) groups is 2. The van der Waals surface area contributed by atoms with Crippen LogP contribution in [0.4, 0.5) is 0 Å². The van der Waals surface area contributed by atoms with Gasteiger partial charge in [0.25, 0.3) is 5.91 Å². The molecule has 0 unspecified atom stereocenters. The Morgan fingerprint density at radius 3 is 2.84 bits per heavy atom. The highest BCUT2D eigenvalue weighted by Crippen LogP contribution is 2.22. The van der Waals surface area contributed by atoms with Crippen LogP contribution >= 0.6 is 0 Å². The van der Waals surface area contributed by atoms with Gasteiger partial charge in [-0.3, -0.25) is 9.59 Å². The molecule has 1 aromatic rings. The molecule has 19 heavy (non-hydrogen) atoms. The molecular formula is C12H13NO5S. The van der Waals surface area contributed by atoms with E-state index >= 15 is 0 Å². The van der Waals surface area contributed by atoms with Gasteiger partial charge in [-0.25, -0.2) is 8.42 Å². The van der Waals surface area contributed by atoms with Crippen LogP contribution in [0.5, 0.6) is 5.75 Å². The fraction of sp³-hybridized carbons (Fsp3) is 0.333. The second-order valence-corrected chi connectivity index (χ2v) is 6.45. The molecule has 1 aliphatic rings. The molecule has 0 radical (unpaired) electrons. The Morgan fingerprint density at radius 1 is 1.42 bits per heavy atom. The molecule has 1 aliphatic heterocycles. The van der Waals surface area contributed by atoms with Crippen molar-refractivity contribution in [2.24, 2.45) is 0 Å². The monoisotopic (exact) mass is 283 g/mol. The van der Waals surface area contributed by atoms with Crippen LogP contribution in [0, 0.1) is 0 Å². The third-order valence-corrected chi connectivity index (χ3v) is 3.37. The summed E-state index contributed by atoms with van der Waals surface area (Å²) in [4.78, 5) is 23.5. The van der Waals surface area contributed by atoms with Crippen molar-refractivity contribution in [1.29, 1.82) is 0 Å². The van der Waals surface area contributed by atoms with E-state index in [0.717, 1.165) is 6.26 Å². The quantitative estimate of drug-likeness (QED) is 0.791. The Morgan fingerprint density at radius 2 is 2.16 bits per heavy atom. The van der Waals surface area contributed by atoms with Crippen LogP contribution in [0.2, 0.25) is 0 Å². The number of hydrogen-bond donors (Lipinski definition) is 1. The maximum Gasteiger partial charge on any atom is 0.255 e. The molecule has 0 saturated heterocycles. The molecule has 7 heteroatoms. The second kappa shape index (κ2) is 5.00. The van der Waals surface area contributed by atoms with E-state index < -0.39 is 21.4 Å². The molecule has 6 nitrogen and oxygen atoms in total. The van der Waals surface area contributed by atoms with Crippen molar-refractivity contribution in [1.82, 2.24) is 5.32 Å². The molecule has 1 aromatic carbocycles. The average Bonchev–Trinajstić information content (AvgIpc) is 2.49. The van der Waals surface area contributed by atoms with Crippen LogP contribution in [0.15, 0.2) is 18.2 Å². The molecule has 0 spiro atoms. The van der Waals surface area contributed by atoms with E-state index in [2.05, 4.69) is 5.32 Å². The zero-order valence-electron chi connectivity index (χ0n) is 10.3. The number of rotatable bonds is 3. The molecule has 1 N–H and O–H groups in total. The topological polar surface area (TPSA) is 89.5 Å². The van der Waals surface area contributed by atoms with Crippen molar-refractivity contribution in [3.05, 3.63) is 29.3 Å². The number of benzene rings is 1. The SMILES string of the molecule is CS(=O)(=O)CC(=O)c1ccc2c(c1)C(=O)NCCO2. The number of carbonyl (C=O) groups excluding carboxylic acids is 2. The summed E-state index contributed by atoms with van der Waals surface area (Å²) in [5.41, 5.74) is 0.432. The first-order valence-electron chi connectivity index (χ1n) is 5.63. The largest absolute Gasteiger partial charge is 0.491 e. The van der Waals surface area contributed by atoms with E-state index in [9.17, 15) is 18.0 Å². The van der Waals surface area contributed by atoms with E-state index in [-0.39, 0.29) is 17.0 Å². The van der Waals surface area contributed by atoms with Crippen LogP contribution in [-0.4, -0.2) is 45.3 Å². The van der Waals surface area contributed by atoms with Crippen LogP contribution in [0.25, 0.3) is 0 Å². The van der Waals surface area contributed by atoms with Crippen molar-refractivity contribution in [2.45, 2.75) is 0 Å². The van der Waals surface area contributed by atoms with Crippen LogP contribution in [0.1, 0.15) is 20.7 Å². The van der Waals surface area contributed by atoms with Gasteiger partial charge in [0.2, 0.25) is 0 Å². The number of ketones is 1. The van der Waals surface area contributed by atoms with Crippen molar-refractivity contribution < 1.29 is 22.7 Å². The normalized spacial score (nSPS) is 14.9. The Kier molecular flexibility index (Phi) is 3.57. The summed E-state index contributed by atoms with van der Waals surface area (Å²) >= 11 is 0. The predicted octanol–water partition coefficient (Wildman–Crippen LogP) is 0.0361. The van der Waals surface area contributed by atoms with E-state index in [1.165, 1.54) is 18.2 Å². The second-order valence-electron chi connectivity index (χ2n) is 4.31. The van der Waals surface area contributed by atoms with Gasteiger partial charge in [-0.1, -0.05) is 0 Å². The summed E-state index contributed by atoms with van der Waals surface area (Å²) in [6.07, 6.45) is 0.990. The van der Waals surface area contributed by atoms with Gasteiger partial charge in [0, 0.05) is 11.8 Å². The first-order valence-corrected chi connectivity index (χ1v) is 7.69. The Labute approximate surface area is 110 Å². The summed E-state index contributed by atoms with van der Waals surface area (Å²) in [6, 6.07) is 4.34.